The molecular weight excluding hydrogens is 733 g/mol. The third-order valence-corrected chi connectivity index (χ3v) is 7.46. The Hall–Kier alpha value is -2.91. The Bertz CT molecular complexity index is 1430. The summed E-state index contributed by atoms with van der Waals surface area (Å²) in [7, 11) is 0. The quantitative estimate of drug-likeness (QED) is 0.115. The second kappa shape index (κ2) is 13.2. The van der Waals surface area contributed by atoms with Crippen LogP contribution < -0.4 is 5.32 Å². The number of ketones is 1. The number of rotatable bonds is 14. The van der Waals surface area contributed by atoms with E-state index in [1.165, 1.54) is 24.3 Å². The van der Waals surface area contributed by atoms with Gasteiger partial charge in [0.05, 0.1) is 0 Å². The van der Waals surface area contributed by atoms with Crippen LogP contribution in [0.15, 0.2) is 48.5 Å². The summed E-state index contributed by atoms with van der Waals surface area (Å²) in [5.41, 5.74) is -0.612. The maximum absolute atomic E-state index is 14.2. The normalized spacial score (nSPS) is 14.3. The third kappa shape index (κ3) is 6.98. The van der Waals surface area contributed by atoms with Crippen LogP contribution in [0.3, 0.4) is 0 Å². The molecule has 2 aromatic carbocycles. The number of halogens is 17. The summed E-state index contributed by atoms with van der Waals surface area (Å²) in [5, 5.41) is -4.09. The maximum atomic E-state index is 14.2. The van der Waals surface area contributed by atoms with Crippen LogP contribution in [-0.4, -0.2) is 71.0 Å². The number of hydrogen-bond donors (Lipinski definition) is 2. The molecule has 264 valence electrons. The van der Waals surface area contributed by atoms with Crippen LogP contribution in [0.1, 0.15) is 31.8 Å². The molecule has 0 spiro atoms. The molecule has 1 amide bonds. The van der Waals surface area contributed by atoms with Crippen LogP contribution in [0.4, 0.5) is 74.6 Å². The van der Waals surface area contributed by atoms with Crippen molar-refractivity contribution in [2.24, 2.45) is 0 Å². The van der Waals surface area contributed by atoms with E-state index in [9.17, 15) is 84.2 Å². The van der Waals surface area contributed by atoms with Gasteiger partial charge in [0.1, 0.15) is 0 Å². The lowest BCUT2D eigenvalue weighted by atomic mass is 9.91. The highest BCUT2D eigenvalue weighted by Gasteiger charge is 2.95. The zero-order valence-electron chi connectivity index (χ0n) is 22.3. The Balaban J connectivity index is 2.27. The van der Waals surface area contributed by atoms with Gasteiger partial charge in [0, 0.05) is 34.7 Å². The molecule has 0 bridgehead atoms. The molecule has 0 aliphatic carbocycles. The summed E-state index contributed by atoms with van der Waals surface area (Å²) in [6.07, 6.45) is -7.82. The predicted octanol–water partition coefficient (Wildman–Crippen LogP) is 8.78. The molecule has 22 heteroatoms. The minimum absolute atomic E-state index is 0.0254. The van der Waals surface area contributed by atoms with E-state index < -0.39 is 81.7 Å². The molecular formula is C25H16F17NO2S2. The fraction of sp³-hybridized carbons (Fsp3) is 0.440. The summed E-state index contributed by atoms with van der Waals surface area (Å²) >= 11 is 2.25. The first kappa shape index (κ1) is 40.3. The minimum atomic E-state index is -8.69. The van der Waals surface area contributed by atoms with Crippen LogP contribution in [0.5, 0.6) is 0 Å². The SMILES string of the molecule is O=C(NCCS)c1ccc(C(=O)c2ccc(CSC(F)(F)C(F)(F)C(F)(F)C(F)(F)C(F)(F)C(F)(F)C(F)(F)C(F)(F)F)cc2)cc1. The second-order valence-corrected chi connectivity index (χ2v) is 10.9. The van der Waals surface area contributed by atoms with Crippen molar-refractivity contribution >= 4 is 36.1 Å². The molecule has 0 atom stereocenters. The minimum Gasteiger partial charge on any atom is -0.351 e. The van der Waals surface area contributed by atoms with Gasteiger partial charge in [0.15, 0.2) is 5.78 Å². The monoisotopic (exact) mass is 749 g/mol. The zero-order valence-corrected chi connectivity index (χ0v) is 24.0. The molecule has 0 heterocycles. The van der Waals surface area contributed by atoms with E-state index in [4.69, 9.17) is 0 Å². The molecule has 0 aromatic heterocycles. The Labute approximate surface area is 261 Å². The lowest BCUT2D eigenvalue weighted by Gasteiger charge is -2.42. The largest absolute Gasteiger partial charge is 0.460 e. The summed E-state index contributed by atoms with van der Waals surface area (Å²) in [5.74, 6) is -52.7. The number of benzene rings is 2. The number of carbonyl (C=O) groups is 2. The molecule has 0 radical (unpaired) electrons. The van der Waals surface area contributed by atoms with Crippen molar-refractivity contribution in [2.45, 2.75) is 52.7 Å². The smallest absolute Gasteiger partial charge is 0.351 e. The van der Waals surface area contributed by atoms with Gasteiger partial charge < -0.3 is 5.32 Å². The maximum Gasteiger partial charge on any atom is 0.460 e. The average molecular weight is 750 g/mol. The molecule has 0 unspecified atom stereocenters. The summed E-state index contributed by atoms with van der Waals surface area (Å²) in [6, 6.07) is 8.22. The molecule has 47 heavy (non-hydrogen) atoms. The number of alkyl halides is 17. The highest BCUT2D eigenvalue weighted by molar-refractivity contribution is 7.99. The molecule has 0 saturated heterocycles. The Morgan fingerprint density at radius 1 is 0.553 bits per heavy atom. The number of thioether (sulfide) groups is 1. The van der Waals surface area contributed by atoms with Gasteiger partial charge in [-0.2, -0.15) is 87.3 Å². The van der Waals surface area contributed by atoms with E-state index in [1.807, 2.05) is 0 Å². The van der Waals surface area contributed by atoms with Crippen LogP contribution in [0, 0.1) is 0 Å². The first-order valence-corrected chi connectivity index (χ1v) is 13.6. The van der Waals surface area contributed by atoms with Gasteiger partial charge in [-0.25, -0.2) is 0 Å². The van der Waals surface area contributed by atoms with E-state index in [-0.39, 0.29) is 23.2 Å². The van der Waals surface area contributed by atoms with Crippen molar-refractivity contribution in [3.05, 3.63) is 70.8 Å². The van der Waals surface area contributed by atoms with Crippen molar-refractivity contribution < 1.29 is 84.2 Å². The molecule has 1 N–H and O–H groups in total. The van der Waals surface area contributed by atoms with Gasteiger partial charge in [-0.3, -0.25) is 9.59 Å². The van der Waals surface area contributed by atoms with Gasteiger partial charge >= 0.3 is 47.0 Å². The molecule has 2 rings (SSSR count). The van der Waals surface area contributed by atoms with Crippen LogP contribution in [0.2, 0.25) is 0 Å². The number of thiol groups is 1. The standard InChI is InChI=1S/C25H16F17NO2S2/c26-18(27,20(30,31)22(34,35)24(38,39)40)19(28,29)21(32,33)23(36,37)25(41,42)47-11-12-1-3-13(4-2-12)16(44)14-5-7-15(8-6-14)17(45)43-9-10-46/h1-8,46H,9-11H2,(H,43,45). The Kier molecular flexibility index (Phi) is 11.3. The summed E-state index contributed by atoms with van der Waals surface area (Å²) < 4.78 is 228. The number of hydrogen-bond acceptors (Lipinski definition) is 4. The summed E-state index contributed by atoms with van der Waals surface area (Å²) in [4.78, 5) is 24.5. The van der Waals surface area contributed by atoms with Gasteiger partial charge in [0.25, 0.3) is 5.91 Å². The first-order valence-electron chi connectivity index (χ1n) is 12.0. The van der Waals surface area contributed by atoms with Gasteiger partial charge in [0.2, 0.25) is 0 Å². The van der Waals surface area contributed by atoms with Gasteiger partial charge in [-0.15, -0.1) is 0 Å². The Morgan fingerprint density at radius 2 is 0.915 bits per heavy atom. The number of carbonyl (C=O) groups excluding carboxylic acids is 2. The number of nitrogens with one attached hydrogen (secondary N) is 1. The molecule has 0 saturated carbocycles. The lowest BCUT2D eigenvalue weighted by Crippen LogP contribution is -2.74. The van der Waals surface area contributed by atoms with Crippen molar-refractivity contribution in [1.29, 1.82) is 0 Å². The van der Waals surface area contributed by atoms with E-state index in [2.05, 4.69) is 17.9 Å². The van der Waals surface area contributed by atoms with Crippen molar-refractivity contribution in [3.63, 3.8) is 0 Å². The topological polar surface area (TPSA) is 46.2 Å². The van der Waals surface area contributed by atoms with Crippen LogP contribution in [-0.2, 0) is 5.75 Å². The van der Waals surface area contributed by atoms with Crippen molar-refractivity contribution in [2.75, 3.05) is 12.3 Å². The fourth-order valence-electron chi connectivity index (χ4n) is 3.38. The third-order valence-electron chi connectivity index (χ3n) is 6.14. The number of amides is 1. The molecule has 0 aliphatic rings. The van der Waals surface area contributed by atoms with E-state index in [0.29, 0.717) is 5.75 Å². The first-order chi connectivity index (χ1) is 21.0. The summed E-state index contributed by atoms with van der Waals surface area (Å²) in [6.45, 7) is 0.230. The van der Waals surface area contributed by atoms with E-state index in [1.54, 1.807) is 0 Å². The van der Waals surface area contributed by atoms with Gasteiger partial charge in [-0.1, -0.05) is 48.2 Å². The van der Waals surface area contributed by atoms with Crippen molar-refractivity contribution in [1.82, 2.24) is 5.32 Å². The lowest BCUT2D eigenvalue weighted by molar-refractivity contribution is -0.458. The second-order valence-electron chi connectivity index (χ2n) is 9.33. The molecule has 3 nitrogen and oxygen atoms in total. The molecule has 0 fully saturated rings. The zero-order chi connectivity index (χ0) is 36.7. The molecule has 2 aromatic rings. The van der Waals surface area contributed by atoms with Gasteiger partial charge in [-0.05, 0) is 17.7 Å². The predicted molar refractivity (Wildman–Crippen MR) is 134 cm³/mol. The fourth-order valence-corrected chi connectivity index (χ4v) is 4.34. The average Bonchev–Trinajstić information content (AvgIpc) is 2.97. The van der Waals surface area contributed by atoms with Crippen LogP contribution >= 0.6 is 24.4 Å². The highest BCUT2D eigenvalue weighted by atomic mass is 32.2. The van der Waals surface area contributed by atoms with Crippen LogP contribution in [0.25, 0.3) is 0 Å². The highest BCUT2D eigenvalue weighted by Crippen LogP contribution is 2.65. The van der Waals surface area contributed by atoms with E-state index in [0.717, 1.165) is 24.3 Å². The Morgan fingerprint density at radius 3 is 1.32 bits per heavy atom. The van der Waals surface area contributed by atoms with E-state index >= 15 is 0 Å². The molecule has 0 aliphatic heterocycles. The van der Waals surface area contributed by atoms with Crippen molar-refractivity contribution in [3.8, 4) is 0 Å².